The Bertz CT molecular complexity index is 213. The van der Waals surface area contributed by atoms with E-state index < -0.39 is 0 Å². The standard InChI is InChI=1S/C8H12N2.H2/c1-2-3-7-4-5-10-8(9)6-7;/h4-6H,2-3H2,1H3,(H2,9,10);1H. The van der Waals surface area contributed by atoms with Crippen molar-refractivity contribution in [2.75, 3.05) is 5.73 Å². The van der Waals surface area contributed by atoms with Gasteiger partial charge in [0.1, 0.15) is 5.82 Å². The summed E-state index contributed by atoms with van der Waals surface area (Å²) in [6.07, 6.45) is 4.00. The van der Waals surface area contributed by atoms with Crippen LogP contribution in [0.4, 0.5) is 5.82 Å². The minimum atomic E-state index is 0. The van der Waals surface area contributed by atoms with E-state index in [4.69, 9.17) is 5.73 Å². The fourth-order valence-corrected chi connectivity index (χ4v) is 0.939. The van der Waals surface area contributed by atoms with Crippen LogP contribution in [0.2, 0.25) is 0 Å². The highest BCUT2D eigenvalue weighted by Crippen LogP contribution is 2.04. The molecule has 0 aliphatic rings. The summed E-state index contributed by atoms with van der Waals surface area (Å²) in [5, 5.41) is 0. The summed E-state index contributed by atoms with van der Waals surface area (Å²) in [6, 6.07) is 3.92. The number of anilines is 1. The maximum Gasteiger partial charge on any atom is 0.123 e. The fourth-order valence-electron chi connectivity index (χ4n) is 0.939. The molecule has 0 aromatic carbocycles. The van der Waals surface area contributed by atoms with Crippen LogP contribution in [0.15, 0.2) is 18.3 Å². The van der Waals surface area contributed by atoms with E-state index in [2.05, 4.69) is 11.9 Å². The number of nitrogen functional groups attached to an aromatic ring is 1. The molecule has 0 saturated carbocycles. The number of rotatable bonds is 2. The normalized spacial score (nSPS) is 9.70. The second-order valence-electron chi connectivity index (χ2n) is 2.34. The van der Waals surface area contributed by atoms with Gasteiger partial charge in [-0.3, -0.25) is 0 Å². The number of hydrogen-bond acceptors (Lipinski definition) is 2. The first-order valence-electron chi connectivity index (χ1n) is 3.53. The Kier molecular flexibility index (Phi) is 2.26. The number of hydrogen-bond donors (Lipinski definition) is 1. The summed E-state index contributed by atoms with van der Waals surface area (Å²) >= 11 is 0. The first-order valence-corrected chi connectivity index (χ1v) is 3.53. The van der Waals surface area contributed by atoms with Gasteiger partial charge in [0.05, 0.1) is 0 Å². The minimum absolute atomic E-state index is 0. The van der Waals surface area contributed by atoms with E-state index in [1.165, 1.54) is 5.56 Å². The zero-order chi connectivity index (χ0) is 7.40. The minimum Gasteiger partial charge on any atom is -0.384 e. The van der Waals surface area contributed by atoms with E-state index in [9.17, 15) is 0 Å². The van der Waals surface area contributed by atoms with Gasteiger partial charge in [-0.1, -0.05) is 13.3 Å². The number of nitrogens with two attached hydrogens (primary N) is 1. The Morgan fingerprint density at radius 2 is 2.50 bits per heavy atom. The smallest absolute Gasteiger partial charge is 0.123 e. The molecule has 0 aliphatic carbocycles. The second-order valence-corrected chi connectivity index (χ2v) is 2.34. The van der Waals surface area contributed by atoms with Crippen LogP contribution in [0.25, 0.3) is 0 Å². The Labute approximate surface area is 62.6 Å². The SMILES string of the molecule is CCCc1ccnc(N)c1.[HH]. The number of aromatic nitrogens is 1. The van der Waals surface area contributed by atoms with Gasteiger partial charge >= 0.3 is 0 Å². The van der Waals surface area contributed by atoms with Crippen molar-refractivity contribution in [1.29, 1.82) is 0 Å². The van der Waals surface area contributed by atoms with Crippen molar-refractivity contribution >= 4 is 5.82 Å². The molecule has 1 rings (SSSR count). The lowest BCUT2D eigenvalue weighted by molar-refractivity contribution is 0.919. The van der Waals surface area contributed by atoms with Crippen molar-refractivity contribution in [2.24, 2.45) is 0 Å². The van der Waals surface area contributed by atoms with Crippen LogP contribution in [0, 0.1) is 0 Å². The van der Waals surface area contributed by atoms with E-state index in [1.807, 2.05) is 12.1 Å². The van der Waals surface area contributed by atoms with Crippen LogP contribution in [-0.4, -0.2) is 4.98 Å². The van der Waals surface area contributed by atoms with E-state index in [0.717, 1.165) is 12.8 Å². The van der Waals surface area contributed by atoms with Crippen molar-refractivity contribution in [2.45, 2.75) is 19.8 Å². The van der Waals surface area contributed by atoms with E-state index in [1.54, 1.807) is 6.20 Å². The van der Waals surface area contributed by atoms with Crippen molar-refractivity contribution < 1.29 is 1.43 Å². The average Bonchev–Trinajstić information content (AvgIpc) is 1.88. The highest BCUT2D eigenvalue weighted by Gasteiger charge is 1.90. The second kappa shape index (κ2) is 3.20. The molecule has 0 spiro atoms. The predicted molar refractivity (Wildman–Crippen MR) is 44.8 cm³/mol. The zero-order valence-electron chi connectivity index (χ0n) is 6.17. The molecule has 2 nitrogen and oxygen atoms in total. The van der Waals surface area contributed by atoms with Gasteiger partial charge < -0.3 is 5.73 Å². The summed E-state index contributed by atoms with van der Waals surface area (Å²) in [5.41, 5.74) is 6.75. The molecule has 1 aromatic heterocycles. The fraction of sp³-hybridized carbons (Fsp3) is 0.375. The molecular weight excluding hydrogens is 124 g/mol. The molecule has 0 saturated heterocycles. The number of nitrogens with zero attached hydrogens (tertiary/aromatic N) is 1. The molecule has 0 atom stereocenters. The van der Waals surface area contributed by atoms with Crippen molar-refractivity contribution in [3.8, 4) is 0 Å². The van der Waals surface area contributed by atoms with Gasteiger partial charge in [-0.25, -0.2) is 4.98 Å². The third-order valence-electron chi connectivity index (χ3n) is 1.38. The van der Waals surface area contributed by atoms with E-state index in [0.29, 0.717) is 5.82 Å². The highest BCUT2D eigenvalue weighted by molar-refractivity contribution is 5.31. The third-order valence-corrected chi connectivity index (χ3v) is 1.38. The van der Waals surface area contributed by atoms with Gasteiger partial charge in [0.15, 0.2) is 0 Å². The summed E-state index contributed by atoms with van der Waals surface area (Å²) in [4.78, 5) is 3.90. The quantitative estimate of drug-likeness (QED) is 0.677. The molecule has 56 valence electrons. The summed E-state index contributed by atoms with van der Waals surface area (Å²) in [7, 11) is 0. The van der Waals surface area contributed by atoms with Gasteiger partial charge in [0.2, 0.25) is 0 Å². The molecule has 0 radical (unpaired) electrons. The van der Waals surface area contributed by atoms with Crippen LogP contribution in [0.1, 0.15) is 20.3 Å². The molecule has 1 aromatic rings. The topological polar surface area (TPSA) is 38.9 Å². The number of aryl methyl sites for hydroxylation is 1. The van der Waals surface area contributed by atoms with E-state index >= 15 is 0 Å². The first kappa shape index (κ1) is 7.06. The molecule has 0 bridgehead atoms. The zero-order valence-corrected chi connectivity index (χ0v) is 6.17. The van der Waals surface area contributed by atoms with Crippen molar-refractivity contribution in [1.82, 2.24) is 4.98 Å². The summed E-state index contributed by atoms with van der Waals surface area (Å²) in [6.45, 7) is 2.15. The van der Waals surface area contributed by atoms with Crippen LogP contribution in [0.3, 0.4) is 0 Å². The highest BCUT2D eigenvalue weighted by atomic mass is 14.8. The lowest BCUT2D eigenvalue weighted by Crippen LogP contribution is -1.91. The molecule has 0 unspecified atom stereocenters. The lowest BCUT2D eigenvalue weighted by Gasteiger charge is -1.97. The maximum absolute atomic E-state index is 5.48. The Morgan fingerprint density at radius 1 is 1.70 bits per heavy atom. The van der Waals surface area contributed by atoms with E-state index in [-0.39, 0.29) is 1.43 Å². The Morgan fingerprint density at radius 3 is 3.10 bits per heavy atom. The van der Waals surface area contributed by atoms with Crippen LogP contribution in [-0.2, 0) is 6.42 Å². The summed E-state index contributed by atoms with van der Waals surface area (Å²) < 4.78 is 0. The average molecular weight is 138 g/mol. The molecule has 0 fully saturated rings. The molecule has 10 heavy (non-hydrogen) atoms. The van der Waals surface area contributed by atoms with Crippen LogP contribution >= 0.6 is 0 Å². The van der Waals surface area contributed by atoms with Crippen molar-refractivity contribution in [3.05, 3.63) is 23.9 Å². The van der Waals surface area contributed by atoms with Gasteiger partial charge in [-0.05, 0) is 24.1 Å². The third kappa shape index (κ3) is 1.72. The largest absolute Gasteiger partial charge is 0.384 e. The lowest BCUT2D eigenvalue weighted by atomic mass is 10.1. The molecule has 1 heterocycles. The number of pyridine rings is 1. The monoisotopic (exact) mass is 138 g/mol. The summed E-state index contributed by atoms with van der Waals surface area (Å²) in [5.74, 6) is 0.617. The maximum atomic E-state index is 5.48. The Hall–Kier alpha value is -1.05. The molecule has 0 amide bonds. The van der Waals surface area contributed by atoms with Gasteiger partial charge in [-0.2, -0.15) is 0 Å². The van der Waals surface area contributed by atoms with Gasteiger partial charge in [-0.15, -0.1) is 0 Å². The van der Waals surface area contributed by atoms with Gasteiger partial charge in [0.25, 0.3) is 0 Å². The molecule has 2 N–H and O–H groups in total. The Balaban J connectivity index is 0.000001000. The molecular formula is C8H14N2. The molecule has 2 heteroatoms. The van der Waals surface area contributed by atoms with Crippen molar-refractivity contribution in [3.63, 3.8) is 0 Å². The van der Waals surface area contributed by atoms with Gasteiger partial charge in [0, 0.05) is 7.62 Å². The first-order chi connectivity index (χ1) is 4.83. The van der Waals surface area contributed by atoms with Crippen LogP contribution in [0.5, 0.6) is 0 Å². The predicted octanol–water partition coefficient (Wildman–Crippen LogP) is 1.86. The molecule has 0 aliphatic heterocycles. The van der Waals surface area contributed by atoms with Crippen LogP contribution < -0.4 is 5.73 Å².